The third kappa shape index (κ3) is 4.25. The second-order valence-corrected chi connectivity index (χ2v) is 11.6. The van der Waals surface area contributed by atoms with Crippen molar-refractivity contribution in [3.8, 4) is 22.3 Å². The molecule has 0 spiro atoms. The zero-order chi connectivity index (χ0) is 27.9. The molecule has 0 aliphatic carbocycles. The molecule has 0 amide bonds. The standard InChI is InChI=1S/C40H27NS/c1-4-12-28(13-5-1)30-21-25-38(37(27-30)29-14-6-2-7-15-29)41(32-16-8-3-9-17-32)33-22-24-34-31(26-33)20-23-36-35-18-10-11-19-39(35)42-40(34)36/h1-27H. The summed E-state index contributed by atoms with van der Waals surface area (Å²) in [7, 11) is 0. The predicted molar refractivity (Wildman–Crippen MR) is 182 cm³/mol. The highest BCUT2D eigenvalue weighted by Gasteiger charge is 2.19. The van der Waals surface area contributed by atoms with Crippen LogP contribution in [0.25, 0.3) is 53.2 Å². The lowest BCUT2D eigenvalue weighted by Crippen LogP contribution is -2.11. The first-order valence-electron chi connectivity index (χ1n) is 14.3. The molecule has 198 valence electrons. The molecule has 2 heteroatoms. The first kappa shape index (κ1) is 24.6. The van der Waals surface area contributed by atoms with E-state index in [1.54, 1.807) is 0 Å². The average molecular weight is 554 g/mol. The summed E-state index contributed by atoms with van der Waals surface area (Å²) in [5.41, 5.74) is 8.22. The number of hydrogen-bond acceptors (Lipinski definition) is 2. The zero-order valence-electron chi connectivity index (χ0n) is 22.9. The largest absolute Gasteiger partial charge is 0.310 e. The molecule has 0 saturated carbocycles. The van der Waals surface area contributed by atoms with Crippen LogP contribution in [0.15, 0.2) is 164 Å². The quantitative estimate of drug-likeness (QED) is 0.205. The Bertz CT molecular complexity index is 2180. The van der Waals surface area contributed by atoms with Crippen LogP contribution < -0.4 is 4.90 Å². The van der Waals surface area contributed by atoms with Crippen molar-refractivity contribution in [3.63, 3.8) is 0 Å². The maximum Gasteiger partial charge on any atom is 0.0540 e. The zero-order valence-corrected chi connectivity index (χ0v) is 23.8. The van der Waals surface area contributed by atoms with Gasteiger partial charge in [-0.05, 0) is 69.9 Å². The van der Waals surface area contributed by atoms with E-state index in [1.165, 1.54) is 53.2 Å². The van der Waals surface area contributed by atoms with Gasteiger partial charge in [0.05, 0.1) is 5.69 Å². The van der Waals surface area contributed by atoms with Crippen molar-refractivity contribution < 1.29 is 0 Å². The molecule has 0 saturated heterocycles. The molecule has 0 unspecified atom stereocenters. The van der Waals surface area contributed by atoms with E-state index in [0.29, 0.717) is 0 Å². The Hall–Kier alpha value is -5.18. The lowest BCUT2D eigenvalue weighted by atomic mass is 9.96. The van der Waals surface area contributed by atoms with Crippen LogP contribution in [0.1, 0.15) is 0 Å². The molecule has 1 nitrogen and oxygen atoms in total. The third-order valence-electron chi connectivity index (χ3n) is 8.05. The number of benzene rings is 7. The fourth-order valence-corrected chi connectivity index (χ4v) is 7.27. The maximum absolute atomic E-state index is 2.39. The molecule has 0 bridgehead atoms. The molecule has 0 radical (unpaired) electrons. The highest BCUT2D eigenvalue weighted by molar-refractivity contribution is 7.26. The van der Waals surface area contributed by atoms with Crippen LogP contribution in [-0.4, -0.2) is 0 Å². The summed E-state index contributed by atoms with van der Waals surface area (Å²) < 4.78 is 2.68. The number of anilines is 3. The summed E-state index contributed by atoms with van der Waals surface area (Å²) in [6, 6.07) is 59.1. The van der Waals surface area contributed by atoms with Gasteiger partial charge < -0.3 is 4.90 Å². The maximum atomic E-state index is 2.39. The first-order chi connectivity index (χ1) is 20.8. The van der Waals surface area contributed by atoms with E-state index < -0.39 is 0 Å². The molecule has 42 heavy (non-hydrogen) atoms. The van der Waals surface area contributed by atoms with Gasteiger partial charge in [-0.25, -0.2) is 0 Å². The van der Waals surface area contributed by atoms with Crippen LogP contribution in [0, 0.1) is 0 Å². The number of nitrogens with zero attached hydrogens (tertiary/aromatic N) is 1. The Balaban J connectivity index is 1.35. The lowest BCUT2D eigenvalue weighted by molar-refractivity contribution is 1.29. The smallest absolute Gasteiger partial charge is 0.0540 e. The Morgan fingerprint density at radius 2 is 1.07 bits per heavy atom. The molecule has 1 aromatic heterocycles. The molecule has 0 aliphatic rings. The van der Waals surface area contributed by atoms with Gasteiger partial charge in [0, 0.05) is 37.1 Å². The van der Waals surface area contributed by atoms with Crippen molar-refractivity contribution in [2.24, 2.45) is 0 Å². The number of hydrogen-bond donors (Lipinski definition) is 0. The van der Waals surface area contributed by atoms with E-state index in [9.17, 15) is 0 Å². The monoisotopic (exact) mass is 553 g/mol. The summed E-state index contributed by atoms with van der Waals surface area (Å²) in [5, 5.41) is 5.21. The van der Waals surface area contributed by atoms with Gasteiger partial charge in [0.15, 0.2) is 0 Å². The summed E-state index contributed by atoms with van der Waals surface area (Å²) in [5.74, 6) is 0. The highest BCUT2D eigenvalue weighted by Crippen LogP contribution is 2.44. The Morgan fingerprint density at radius 3 is 1.86 bits per heavy atom. The van der Waals surface area contributed by atoms with Crippen molar-refractivity contribution in [2.75, 3.05) is 4.90 Å². The molecule has 0 atom stereocenters. The minimum absolute atomic E-state index is 1.13. The van der Waals surface area contributed by atoms with E-state index in [-0.39, 0.29) is 0 Å². The molecule has 7 aromatic carbocycles. The molecular weight excluding hydrogens is 527 g/mol. The van der Waals surface area contributed by atoms with Crippen LogP contribution in [0.2, 0.25) is 0 Å². The van der Waals surface area contributed by atoms with Gasteiger partial charge in [0.2, 0.25) is 0 Å². The summed E-state index contributed by atoms with van der Waals surface area (Å²) in [4.78, 5) is 2.39. The lowest BCUT2D eigenvalue weighted by Gasteiger charge is -2.28. The van der Waals surface area contributed by atoms with E-state index in [4.69, 9.17) is 0 Å². The van der Waals surface area contributed by atoms with Crippen molar-refractivity contribution >= 4 is 59.3 Å². The first-order valence-corrected chi connectivity index (χ1v) is 15.1. The molecule has 0 N–H and O–H groups in total. The van der Waals surface area contributed by atoms with Crippen LogP contribution in [0.3, 0.4) is 0 Å². The normalized spacial score (nSPS) is 11.3. The minimum Gasteiger partial charge on any atom is -0.310 e. The van der Waals surface area contributed by atoms with Crippen molar-refractivity contribution in [1.82, 2.24) is 0 Å². The highest BCUT2D eigenvalue weighted by atomic mass is 32.1. The van der Waals surface area contributed by atoms with Gasteiger partial charge in [-0.2, -0.15) is 0 Å². The number of thiophene rings is 1. The number of fused-ring (bicyclic) bond motifs is 5. The summed E-state index contributed by atoms with van der Waals surface area (Å²) in [6.45, 7) is 0. The molecule has 8 aromatic rings. The van der Waals surface area contributed by atoms with Crippen LogP contribution in [0.4, 0.5) is 17.1 Å². The van der Waals surface area contributed by atoms with E-state index in [0.717, 1.165) is 17.1 Å². The van der Waals surface area contributed by atoms with E-state index in [1.807, 2.05) is 11.3 Å². The minimum atomic E-state index is 1.13. The van der Waals surface area contributed by atoms with Gasteiger partial charge in [-0.15, -0.1) is 11.3 Å². The number of rotatable bonds is 5. The van der Waals surface area contributed by atoms with Gasteiger partial charge in [-0.1, -0.05) is 121 Å². The Kier molecular flexibility index (Phi) is 6.05. The van der Waals surface area contributed by atoms with Crippen LogP contribution in [-0.2, 0) is 0 Å². The van der Waals surface area contributed by atoms with Gasteiger partial charge >= 0.3 is 0 Å². The predicted octanol–water partition coefficient (Wildman–Crippen LogP) is 12.0. The SMILES string of the molecule is c1ccc(-c2ccc(N(c3ccccc3)c3ccc4c(ccc5c6ccccc6sc45)c3)c(-c3ccccc3)c2)cc1. The van der Waals surface area contributed by atoms with Gasteiger partial charge in [0.1, 0.15) is 0 Å². The van der Waals surface area contributed by atoms with E-state index >= 15 is 0 Å². The summed E-state index contributed by atoms with van der Waals surface area (Å²) >= 11 is 1.88. The van der Waals surface area contributed by atoms with Crippen LogP contribution >= 0.6 is 11.3 Å². The Morgan fingerprint density at radius 1 is 0.405 bits per heavy atom. The second-order valence-electron chi connectivity index (χ2n) is 10.6. The average Bonchev–Trinajstić information content (AvgIpc) is 3.45. The molecule has 8 rings (SSSR count). The van der Waals surface area contributed by atoms with Gasteiger partial charge in [0.25, 0.3) is 0 Å². The fourth-order valence-electron chi connectivity index (χ4n) is 6.03. The van der Waals surface area contributed by atoms with Crippen molar-refractivity contribution in [3.05, 3.63) is 164 Å². The second kappa shape index (κ2) is 10.3. The number of para-hydroxylation sites is 1. The fraction of sp³-hybridized carbons (Fsp3) is 0. The van der Waals surface area contributed by atoms with Crippen molar-refractivity contribution in [2.45, 2.75) is 0 Å². The van der Waals surface area contributed by atoms with Gasteiger partial charge in [-0.3, -0.25) is 0 Å². The molecule has 0 aliphatic heterocycles. The molecule has 1 heterocycles. The summed E-state index contributed by atoms with van der Waals surface area (Å²) in [6.07, 6.45) is 0. The van der Waals surface area contributed by atoms with Crippen LogP contribution in [0.5, 0.6) is 0 Å². The topological polar surface area (TPSA) is 3.24 Å². The van der Waals surface area contributed by atoms with Crippen molar-refractivity contribution in [1.29, 1.82) is 0 Å². The Labute approximate surface area is 249 Å². The molecular formula is C40H27NS. The third-order valence-corrected chi connectivity index (χ3v) is 9.27. The van der Waals surface area contributed by atoms with E-state index in [2.05, 4.69) is 169 Å². The molecule has 0 fully saturated rings.